The van der Waals surface area contributed by atoms with Gasteiger partial charge in [0.05, 0.1) is 5.56 Å². The van der Waals surface area contributed by atoms with Gasteiger partial charge in [-0.1, -0.05) is 6.07 Å². The molecular weight excluding hydrogens is 234 g/mol. The van der Waals surface area contributed by atoms with E-state index in [0.717, 1.165) is 6.07 Å². The first-order chi connectivity index (χ1) is 7.59. The molecule has 0 unspecified atom stereocenters. The summed E-state index contributed by atoms with van der Waals surface area (Å²) in [7, 11) is 0. The van der Waals surface area contributed by atoms with Gasteiger partial charge in [0, 0.05) is 5.69 Å². The van der Waals surface area contributed by atoms with E-state index in [2.05, 4.69) is 0 Å². The Balaban J connectivity index is 2.99. The van der Waals surface area contributed by atoms with Crippen LogP contribution in [0, 0.1) is 0 Å². The van der Waals surface area contributed by atoms with Crippen molar-refractivity contribution in [2.24, 2.45) is 0 Å². The van der Waals surface area contributed by atoms with Crippen molar-refractivity contribution in [1.29, 1.82) is 0 Å². The Bertz CT molecular complexity index is 390. The molecule has 1 aromatic rings. The smallest absolute Gasteiger partial charge is 0.399 e. The lowest BCUT2D eigenvalue weighted by atomic mass is 9.96. The molecule has 0 aromatic heterocycles. The standard InChI is InChI=1S/C12H15F4N/c1-11(2,13)6-5-8-3-4-9(17)7-10(8)12(14,15)16/h3-4,7H,5-6,17H2,1-2H3. The molecule has 0 spiro atoms. The van der Waals surface area contributed by atoms with Crippen molar-refractivity contribution in [3.05, 3.63) is 29.3 Å². The molecule has 0 bridgehead atoms. The molecule has 0 aliphatic heterocycles. The van der Waals surface area contributed by atoms with E-state index >= 15 is 0 Å². The Morgan fingerprint density at radius 2 is 1.71 bits per heavy atom. The molecule has 0 radical (unpaired) electrons. The minimum atomic E-state index is -4.45. The van der Waals surface area contributed by atoms with Crippen LogP contribution in [0.5, 0.6) is 0 Å². The van der Waals surface area contributed by atoms with E-state index in [1.165, 1.54) is 26.0 Å². The van der Waals surface area contributed by atoms with Gasteiger partial charge >= 0.3 is 6.18 Å². The number of nitrogens with two attached hydrogens (primary N) is 1. The lowest BCUT2D eigenvalue weighted by molar-refractivity contribution is -0.138. The number of rotatable bonds is 3. The number of aryl methyl sites for hydroxylation is 1. The first kappa shape index (κ1) is 13.8. The van der Waals surface area contributed by atoms with Crippen molar-refractivity contribution < 1.29 is 17.6 Å². The van der Waals surface area contributed by atoms with E-state index in [0.29, 0.717) is 0 Å². The van der Waals surface area contributed by atoms with Gasteiger partial charge in [0.2, 0.25) is 0 Å². The fraction of sp³-hybridized carbons (Fsp3) is 0.500. The zero-order valence-corrected chi connectivity index (χ0v) is 9.74. The molecule has 0 saturated heterocycles. The summed E-state index contributed by atoms with van der Waals surface area (Å²) in [6.07, 6.45) is -4.37. The summed E-state index contributed by atoms with van der Waals surface area (Å²) < 4.78 is 51.4. The van der Waals surface area contributed by atoms with E-state index in [4.69, 9.17) is 5.73 Å². The maximum Gasteiger partial charge on any atom is 0.416 e. The van der Waals surface area contributed by atoms with Crippen LogP contribution in [0.3, 0.4) is 0 Å². The van der Waals surface area contributed by atoms with E-state index in [1.54, 1.807) is 0 Å². The lowest BCUT2D eigenvalue weighted by Crippen LogP contribution is -2.15. The Morgan fingerprint density at radius 3 is 2.18 bits per heavy atom. The SMILES string of the molecule is CC(C)(F)CCc1ccc(N)cc1C(F)(F)F. The highest BCUT2D eigenvalue weighted by Crippen LogP contribution is 2.34. The second-order valence-corrected chi connectivity index (χ2v) is 4.63. The van der Waals surface area contributed by atoms with Crippen LogP contribution in [-0.2, 0) is 12.6 Å². The first-order valence-corrected chi connectivity index (χ1v) is 5.24. The van der Waals surface area contributed by atoms with Gasteiger partial charge in [0.1, 0.15) is 5.67 Å². The zero-order valence-electron chi connectivity index (χ0n) is 9.74. The molecule has 0 heterocycles. The van der Waals surface area contributed by atoms with E-state index in [1.807, 2.05) is 0 Å². The van der Waals surface area contributed by atoms with Crippen LogP contribution in [0.25, 0.3) is 0 Å². The largest absolute Gasteiger partial charge is 0.416 e. The Kier molecular flexibility index (Phi) is 3.69. The Morgan fingerprint density at radius 1 is 1.12 bits per heavy atom. The molecule has 0 aliphatic carbocycles. The molecule has 1 aromatic carbocycles. The van der Waals surface area contributed by atoms with Crippen LogP contribution < -0.4 is 5.73 Å². The number of alkyl halides is 4. The maximum atomic E-state index is 13.3. The van der Waals surface area contributed by atoms with E-state index < -0.39 is 17.4 Å². The molecule has 0 amide bonds. The predicted molar refractivity (Wildman–Crippen MR) is 59.4 cm³/mol. The van der Waals surface area contributed by atoms with Crippen LogP contribution in [0.1, 0.15) is 31.4 Å². The zero-order chi connectivity index (χ0) is 13.3. The molecule has 1 nitrogen and oxygen atoms in total. The van der Waals surface area contributed by atoms with Crippen molar-refractivity contribution in [3.63, 3.8) is 0 Å². The third-order valence-electron chi connectivity index (χ3n) is 2.43. The van der Waals surface area contributed by atoms with Crippen molar-refractivity contribution >= 4 is 5.69 Å². The van der Waals surface area contributed by atoms with Gasteiger partial charge < -0.3 is 5.73 Å². The van der Waals surface area contributed by atoms with Gasteiger partial charge in [-0.05, 0) is 44.4 Å². The van der Waals surface area contributed by atoms with Crippen molar-refractivity contribution in [2.75, 3.05) is 5.73 Å². The quantitative estimate of drug-likeness (QED) is 0.636. The molecular formula is C12H15F4N. The number of anilines is 1. The molecule has 0 fully saturated rings. The van der Waals surface area contributed by atoms with Gasteiger partial charge in [-0.2, -0.15) is 13.2 Å². The first-order valence-electron chi connectivity index (χ1n) is 5.24. The van der Waals surface area contributed by atoms with Gasteiger partial charge in [-0.25, -0.2) is 4.39 Å². The summed E-state index contributed by atoms with van der Waals surface area (Å²) >= 11 is 0. The summed E-state index contributed by atoms with van der Waals surface area (Å²) in [5.74, 6) is 0. The number of halogens is 4. The van der Waals surface area contributed by atoms with Crippen molar-refractivity contribution in [1.82, 2.24) is 0 Å². The number of nitrogen functional groups attached to an aromatic ring is 1. The van der Waals surface area contributed by atoms with Crippen LogP contribution in [0.4, 0.5) is 23.2 Å². The van der Waals surface area contributed by atoms with Crippen LogP contribution in [0.15, 0.2) is 18.2 Å². The van der Waals surface area contributed by atoms with Gasteiger partial charge in [-0.15, -0.1) is 0 Å². The highest BCUT2D eigenvalue weighted by atomic mass is 19.4. The molecule has 0 aliphatic rings. The average molecular weight is 249 g/mol. The highest BCUT2D eigenvalue weighted by Gasteiger charge is 2.33. The summed E-state index contributed by atoms with van der Waals surface area (Å²) in [4.78, 5) is 0. The van der Waals surface area contributed by atoms with Gasteiger partial charge in [-0.3, -0.25) is 0 Å². The molecule has 2 N–H and O–H groups in total. The fourth-order valence-electron chi connectivity index (χ4n) is 1.51. The Hall–Kier alpha value is -1.26. The van der Waals surface area contributed by atoms with Crippen LogP contribution in [0.2, 0.25) is 0 Å². The van der Waals surface area contributed by atoms with Crippen molar-refractivity contribution in [3.8, 4) is 0 Å². The minimum Gasteiger partial charge on any atom is -0.399 e. The molecule has 1 rings (SSSR count). The van der Waals surface area contributed by atoms with Crippen molar-refractivity contribution in [2.45, 2.75) is 38.5 Å². The van der Waals surface area contributed by atoms with E-state index in [9.17, 15) is 17.6 Å². The highest BCUT2D eigenvalue weighted by molar-refractivity contribution is 5.46. The number of hydrogen-bond donors (Lipinski definition) is 1. The topological polar surface area (TPSA) is 26.0 Å². The predicted octanol–water partition coefficient (Wildman–Crippen LogP) is 3.97. The molecule has 17 heavy (non-hydrogen) atoms. The Labute approximate surface area is 97.6 Å². The second kappa shape index (κ2) is 4.55. The summed E-state index contributed by atoms with van der Waals surface area (Å²) in [6.45, 7) is 2.69. The monoisotopic (exact) mass is 249 g/mol. The summed E-state index contributed by atoms with van der Waals surface area (Å²) in [6, 6.07) is 3.60. The van der Waals surface area contributed by atoms with Gasteiger partial charge in [0.25, 0.3) is 0 Å². The third-order valence-corrected chi connectivity index (χ3v) is 2.43. The third kappa shape index (κ3) is 4.24. The average Bonchev–Trinajstić information content (AvgIpc) is 2.13. The summed E-state index contributed by atoms with van der Waals surface area (Å²) in [5.41, 5.74) is 3.21. The molecule has 0 atom stereocenters. The number of benzene rings is 1. The normalized spacial score (nSPS) is 12.8. The molecule has 96 valence electrons. The number of hydrogen-bond acceptors (Lipinski definition) is 1. The molecule has 5 heteroatoms. The molecule has 0 saturated carbocycles. The minimum absolute atomic E-state index is 0.0403. The van der Waals surface area contributed by atoms with Gasteiger partial charge in [0.15, 0.2) is 0 Å². The second-order valence-electron chi connectivity index (χ2n) is 4.63. The fourth-order valence-corrected chi connectivity index (χ4v) is 1.51. The van der Waals surface area contributed by atoms with E-state index in [-0.39, 0.29) is 24.1 Å². The van der Waals surface area contributed by atoms with Crippen LogP contribution in [-0.4, -0.2) is 5.67 Å². The lowest BCUT2D eigenvalue weighted by Gasteiger charge is -2.17. The summed E-state index contributed by atoms with van der Waals surface area (Å²) in [5, 5.41) is 0. The maximum absolute atomic E-state index is 13.3. The van der Waals surface area contributed by atoms with Crippen LogP contribution >= 0.6 is 0 Å².